The van der Waals surface area contributed by atoms with E-state index in [-0.39, 0.29) is 17.3 Å². The summed E-state index contributed by atoms with van der Waals surface area (Å²) >= 11 is 5.74. The van der Waals surface area contributed by atoms with Gasteiger partial charge < -0.3 is 15.7 Å². The van der Waals surface area contributed by atoms with Crippen LogP contribution in [0.2, 0.25) is 5.02 Å². The Kier molecular flexibility index (Phi) is 5.57. The Labute approximate surface area is 114 Å². The van der Waals surface area contributed by atoms with Gasteiger partial charge >= 0.3 is 12.0 Å². The largest absolute Gasteiger partial charge is 0.481 e. The first-order valence-electron chi connectivity index (χ1n) is 5.67. The number of carbonyl (C=O) groups excluding carboxylic acids is 1. The lowest BCUT2D eigenvalue weighted by atomic mass is 10.1. The number of rotatable bonds is 5. The van der Waals surface area contributed by atoms with Crippen molar-refractivity contribution < 1.29 is 19.1 Å². The number of para-hydroxylation sites is 1. The molecule has 0 aliphatic rings. The van der Waals surface area contributed by atoms with Gasteiger partial charge in [-0.15, -0.1) is 0 Å². The average molecular weight is 289 g/mol. The maximum Gasteiger partial charge on any atom is 0.319 e. The van der Waals surface area contributed by atoms with Crippen LogP contribution in [-0.2, 0) is 4.79 Å². The number of benzene rings is 1. The topological polar surface area (TPSA) is 78.4 Å². The van der Waals surface area contributed by atoms with Crippen molar-refractivity contribution in [2.24, 2.45) is 5.92 Å². The Hall–Kier alpha value is -1.82. The number of carboxylic acids is 1. The summed E-state index contributed by atoms with van der Waals surface area (Å²) in [4.78, 5) is 22.3. The zero-order valence-electron chi connectivity index (χ0n) is 10.2. The monoisotopic (exact) mass is 288 g/mol. The molecule has 0 fully saturated rings. The molecular weight excluding hydrogens is 275 g/mol. The van der Waals surface area contributed by atoms with Gasteiger partial charge in [-0.3, -0.25) is 4.79 Å². The number of carbonyl (C=O) groups is 2. The van der Waals surface area contributed by atoms with Crippen LogP contribution < -0.4 is 10.6 Å². The minimum atomic E-state index is -0.994. The Morgan fingerprint density at radius 2 is 2.16 bits per heavy atom. The molecular formula is C12H14ClFN2O3. The van der Waals surface area contributed by atoms with E-state index in [4.69, 9.17) is 16.7 Å². The Morgan fingerprint density at radius 3 is 2.68 bits per heavy atom. The summed E-state index contributed by atoms with van der Waals surface area (Å²) in [7, 11) is 0. The number of urea groups is 1. The Morgan fingerprint density at radius 1 is 1.47 bits per heavy atom. The lowest BCUT2D eigenvalue weighted by molar-refractivity contribution is -0.141. The maximum atomic E-state index is 13.4. The van der Waals surface area contributed by atoms with Crippen LogP contribution in [-0.4, -0.2) is 23.7 Å². The van der Waals surface area contributed by atoms with E-state index in [0.717, 1.165) is 6.07 Å². The highest BCUT2D eigenvalue weighted by atomic mass is 35.5. The van der Waals surface area contributed by atoms with Crippen LogP contribution in [0.1, 0.15) is 13.3 Å². The molecule has 0 saturated heterocycles. The summed E-state index contributed by atoms with van der Waals surface area (Å²) in [5.41, 5.74) is -0.134. The van der Waals surface area contributed by atoms with E-state index in [9.17, 15) is 14.0 Å². The third-order valence-electron chi connectivity index (χ3n) is 2.55. The van der Waals surface area contributed by atoms with Gasteiger partial charge in [0.25, 0.3) is 0 Å². The number of carboxylic acid groups (broad SMARTS) is 1. The van der Waals surface area contributed by atoms with Crippen molar-refractivity contribution in [3.05, 3.63) is 29.0 Å². The van der Waals surface area contributed by atoms with Gasteiger partial charge in [0.15, 0.2) is 0 Å². The molecule has 1 rings (SSSR count). The molecule has 0 aliphatic heterocycles. The molecule has 19 heavy (non-hydrogen) atoms. The van der Waals surface area contributed by atoms with Crippen molar-refractivity contribution in [2.45, 2.75) is 13.3 Å². The number of nitrogens with one attached hydrogen (secondary N) is 2. The fourth-order valence-electron chi connectivity index (χ4n) is 1.40. The highest BCUT2D eigenvalue weighted by molar-refractivity contribution is 6.33. The fraction of sp³-hybridized carbons (Fsp3) is 0.333. The van der Waals surface area contributed by atoms with Crippen LogP contribution in [0.25, 0.3) is 0 Å². The molecule has 0 saturated carbocycles. The van der Waals surface area contributed by atoms with E-state index < -0.39 is 23.7 Å². The molecule has 104 valence electrons. The summed E-state index contributed by atoms with van der Waals surface area (Å²) in [5.74, 6) is -2.33. The van der Waals surface area contributed by atoms with Crippen molar-refractivity contribution >= 4 is 29.3 Å². The molecule has 0 radical (unpaired) electrons. The summed E-state index contributed by atoms with van der Waals surface area (Å²) < 4.78 is 13.4. The molecule has 1 aromatic rings. The minimum Gasteiger partial charge on any atom is -0.481 e. The zero-order valence-corrected chi connectivity index (χ0v) is 11.0. The van der Waals surface area contributed by atoms with E-state index in [2.05, 4.69) is 10.6 Å². The molecule has 1 aromatic carbocycles. The number of hydrogen-bond acceptors (Lipinski definition) is 2. The zero-order chi connectivity index (χ0) is 14.4. The van der Waals surface area contributed by atoms with Crippen molar-refractivity contribution in [3.8, 4) is 0 Å². The lowest BCUT2D eigenvalue weighted by Crippen LogP contribution is -2.35. The van der Waals surface area contributed by atoms with Crippen LogP contribution in [0.3, 0.4) is 0 Å². The first kappa shape index (κ1) is 15.2. The highest BCUT2D eigenvalue weighted by Crippen LogP contribution is 2.24. The molecule has 7 heteroatoms. The van der Waals surface area contributed by atoms with Gasteiger partial charge in [0.05, 0.1) is 16.6 Å². The molecule has 0 spiro atoms. The van der Waals surface area contributed by atoms with Gasteiger partial charge in [-0.05, 0) is 18.6 Å². The predicted molar refractivity (Wildman–Crippen MR) is 69.8 cm³/mol. The molecule has 0 aliphatic carbocycles. The van der Waals surface area contributed by atoms with E-state index in [0.29, 0.717) is 6.42 Å². The molecule has 1 atom stereocenters. The quantitative estimate of drug-likeness (QED) is 0.779. The van der Waals surface area contributed by atoms with E-state index in [1.54, 1.807) is 6.92 Å². The molecule has 3 N–H and O–H groups in total. The molecule has 0 bridgehead atoms. The molecule has 2 amide bonds. The number of aliphatic carboxylic acids is 1. The van der Waals surface area contributed by atoms with Crippen LogP contribution in [0.5, 0.6) is 0 Å². The summed E-state index contributed by atoms with van der Waals surface area (Å²) in [5, 5.41) is 13.5. The van der Waals surface area contributed by atoms with E-state index >= 15 is 0 Å². The van der Waals surface area contributed by atoms with Crippen LogP contribution >= 0.6 is 11.6 Å². The predicted octanol–water partition coefficient (Wildman–Crippen LogP) is 2.71. The Balaban J connectivity index is 2.59. The average Bonchev–Trinajstić information content (AvgIpc) is 2.34. The van der Waals surface area contributed by atoms with Gasteiger partial charge in [0.2, 0.25) is 0 Å². The van der Waals surface area contributed by atoms with Crippen molar-refractivity contribution in [1.82, 2.24) is 5.32 Å². The van der Waals surface area contributed by atoms with Gasteiger partial charge in [0, 0.05) is 6.54 Å². The van der Waals surface area contributed by atoms with Crippen LogP contribution in [0.4, 0.5) is 14.9 Å². The first-order valence-corrected chi connectivity index (χ1v) is 6.05. The molecule has 0 heterocycles. The SMILES string of the molecule is CCC(CNC(=O)Nc1c(F)cccc1Cl)C(=O)O. The standard InChI is InChI=1S/C12H14ClFN2O3/c1-2-7(11(17)18)6-15-12(19)16-10-8(13)4-3-5-9(10)14/h3-5,7H,2,6H2,1H3,(H,17,18)(H2,15,16,19). The van der Waals surface area contributed by atoms with E-state index in [1.165, 1.54) is 12.1 Å². The van der Waals surface area contributed by atoms with Crippen molar-refractivity contribution in [1.29, 1.82) is 0 Å². The minimum absolute atomic E-state index is 0.0380. The Bertz CT molecular complexity index is 462. The summed E-state index contributed by atoms with van der Waals surface area (Å²) in [6, 6.07) is 3.31. The van der Waals surface area contributed by atoms with Crippen molar-refractivity contribution in [3.63, 3.8) is 0 Å². The van der Waals surface area contributed by atoms with E-state index in [1.807, 2.05) is 0 Å². The second-order valence-corrected chi connectivity index (χ2v) is 4.28. The third-order valence-corrected chi connectivity index (χ3v) is 2.87. The molecule has 0 aromatic heterocycles. The third kappa shape index (κ3) is 4.40. The smallest absolute Gasteiger partial charge is 0.319 e. The van der Waals surface area contributed by atoms with Crippen LogP contribution in [0, 0.1) is 11.7 Å². The van der Waals surface area contributed by atoms with Gasteiger partial charge in [-0.2, -0.15) is 0 Å². The second kappa shape index (κ2) is 6.94. The second-order valence-electron chi connectivity index (χ2n) is 3.88. The number of anilines is 1. The fourth-order valence-corrected chi connectivity index (χ4v) is 1.61. The number of hydrogen-bond donors (Lipinski definition) is 3. The van der Waals surface area contributed by atoms with Crippen LogP contribution in [0.15, 0.2) is 18.2 Å². The number of halogens is 2. The van der Waals surface area contributed by atoms with Gasteiger partial charge in [-0.1, -0.05) is 24.6 Å². The highest BCUT2D eigenvalue weighted by Gasteiger charge is 2.16. The maximum absolute atomic E-state index is 13.4. The summed E-state index contributed by atoms with van der Waals surface area (Å²) in [6.45, 7) is 1.66. The number of amides is 2. The first-order chi connectivity index (χ1) is 8.95. The van der Waals surface area contributed by atoms with Gasteiger partial charge in [-0.25, -0.2) is 9.18 Å². The van der Waals surface area contributed by atoms with Gasteiger partial charge in [0.1, 0.15) is 5.82 Å². The van der Waals surface area contributed by atoms with Crippen molar-refractivity contribution in [2.75, 3.05) is 11.9 Å². The lowest BCUT2D eigenvalue weighted by Gasteiger charge is -2.13. The molecule has 5 nitrogen and oxygen atoms in total. The molecule has 1 unspecified atom stereocenters. The normalized spacial score (nSPS) is 11.7. The summed E-state index contributed by atoms with van der Waals surface area (Å²) in [6.07, 6.45) is 0.385.